The molecule has 0 aliphatic rings. The average molecular weight is 455 g/mol. The van der Waals surface area contributed by atoms with Gasteiger partial charge in [0.1, 0.15) is 0 Å². The van der Waals surface area contributed by atoms with Crippen LogP contribution in [-0.4, -0.2) is 0 Å². The van der Waals surface area contributed by atoms with Crippen molar-refractivity contribution in [3.63, 3.8) is 0 Å². The first-order valence-electron chi connectivity index (χ1n) is 12.4. The molecule has 0 bridgehead atoms. The molecule has 172 valence electrons. The van der Waals surface area contributed by atoms with Gasteiger partial charge in [0.2, 0.25) is 0 Å². The molecule has 0 aliphatic heterocycles. The number of nitrogens with zero attached hydrogens (tertiary/aromatic N) is 2. The van der Waals surface area contributed by atoms with E-state index in [2.05, 4.69) is 60.7 Å². The highest BCUT2D eigenvalue weighted by atomic mass is 14.2. The summed E-state index contributed by atoms with van der Waals surface area (Å²) in [6, 6.07) is 37.5. The SMILES string of the molecule is N#Cc1ccc(-c2ccc(CCCCCCCc3ccc(-c4ccc(C#N)cc4)cc3)cc2)cc1. The highest BCUT2D eigenvalue weighted by Gasteiger charge is 2.01. The second-order valence-corrected chi connectivity index (χ2v) is 9.04. The van der Waals surface area contributed by atoms with E-state index in [0.717, 1.165) is 24.0 Å². The van der Waals surface area contributed by atoms with Crippen LogP contribution in [0.3, 0.4) is 0 Å². The Morgan fingerprint density at radius 1 is 0.371 bits per heavy atom. The fourth-order valence-electron chi connectivity index (χ4n) is 4.39. The van der Waals surface area contributed by atoms with Crippen molar-refractivity contribution in [1.82, 2.24) is 0 Å². The van der Waals surface area contributed by atoms with Gasteiger partial charge in [-0.1, -0.05) is 92.1 Å². The quantitative estimate of drug-likeness (QED) is 0.225. The highest BCUT2D eigenvalue weighted by molar-refractivity contribution is 5.65. The molecule has 0 aliphatic carbocycles. The van der Waals surface area contributed by atoms with Gasteiger partial charge in [-0.3, -0.25) is 0 Å². The van der Waals surface area contributed by atoms with E-state index in [1.807, 2.05) is 48.5 Å². The molecule has 0 saturated carbocycles. The Morgan fingerprint density at radius 3 is 0.971 bits per heavy atom. The maximum absolute atomic E-state index is 8.94. The molecule has 4 aromatic rings. The predicted octanol–water partition coefficient (Wildman–Crippen LogP) is 8.50. The van der Waals surface area contributed by atoms with E-state index in [4.69, 9.17) is 10.5 Å². The molecule has 0 radical (unpaired) electrons. The first-order valence-corrected chi connectivity index (χ1v) is 12.4. The predicted molar refractivity (Wildman–Crippen MR) is 144 cm³/mol. The van der Waals surface area contributed by atoms with Crippen molar-refractivity contribution in [3.8, 4) is 34.4 Å². The van der Waals surface area contributed by atoms with Crippen molar-refractivity contribution < 1.29 is 0 Å². The molecule has 2 nitrogen and oxygen atoms in total. The highest BCUT2D eigenvalue weighted by Crippen LogP contribution is 2.22. The molecule has 0 unspecified atom stereocenters. The molecule has 0 heterocycles. The largest absolute Gasteiger partial charge is 0.192 e. The van der Waals surface area contributed by atoms with E-state index in [1.54, 1.807) is 0 Å². The minimum absolute atomic E-state index is 0.697. The number of unbranched alkanes of at least 4 members (excludes halogenated alkanes) is 4. The third-order valence-corrected chi connectivity index (χ3v) is 6.53. The van der Waals surface area contributed by atoms with Gasteiger partial charge in [0.15, 0.2) is 0 Å². The Hall–Kier alpha value is -4.14. The Morgan fingerprint density at radius 2 is 0.657 bits per heavy atom. The molecular formula is C33H30N2. The van der Waals surface area contributed by atoms with E-state index < -0.39 is 0 Å². The molecule has 0 N–H and O–H groups in total. The lowest BCUT2D eigenvalue weighted by Gasteiger charge is -2.06. The van der Waals surface area contributed by atoms with E-state index in [1.165, 1.54) is 54.4 Å². The standard InChI is InChI=1S/C33H30N2/c34-24-28-12-20-32(21-13-28)30-16-8-26(9-17-30)6-4-2-1-3-5-7-27-10-18-31(19-11-27)33-22-14-29(25-35)15-23-33/h8-23H,1-7H2. The monoisotopic (exact) mass is 454 g/mol. The Balaban J connectivity index is 1.13. The maximum Gasteiger partial charge on any atom is 0.0991 e. The molecule has 0 atom stereocenters. The summed E-state index contributed by atoms with van der Waals surface area (Å²) in [4.78, 5) is 0. The van der Waals surface area contributed by atoms with Gasteiger partial charge in [-0.2, -0.15) is 10.5 Å². The van der Waals surface area contributed by atoms with E-state index >= 15 is 0 Å². The van der Waals surface area contributed by atoms with Crippen LogP contribution in [0, 0.1) is 22.7 Å². The minimum atomic E-state index is 0.697. The number of hydrogen-bond acceptors (Lipinski definition) is 2. The van der Waals surface area contributed by atoms with Crippen LogP contribution in [0.2, 0.25) is 0 Å². The van der Waals surface area contributed by atoms with Gasteiger partial charge in [-0.05, 0) is 83.3 Å². The second-order valence-electron chi connectivity index (χ2n) is 9.04. The number of benzene rings is 4. The van der Waals surface area contributed by atoms with E-state index in [-0.39, 0.29) is 0 Å². The van der Waals surface area contributed by atoms with Crippen molar-refractivity contribution in [2.45, 2.75) is 44.9 Å². The number of rotatable bonds is 10. The van der Waals surface area contributed by atoms with Crippen LogP contribution in [-0.2, 0) is 12.8 Å². The molecule has 0 spiro atoms. The molecule has 0 saturated heterocycles. The zero-order chi connectivity index (χ0) is 24.3. The summed E-state index contributed by atoms with van der Waals surface area (Å²) in [5, 5.41) is 17.9. The smallest absolute Gasteiger partial charge is 0.0991 e. The van der Waals surface area contributed by atoms with Gasteiger partial charge in [-0.25, -0.2) is 0 Å². The van der Waals surface area contributed by atoms with Crippen molar-refractivity contribution in [3.05, 3.63) is 119 Å². The van der Waals surface area contributed by atoms with Gasteiger partial charge in [-0.15, -0.1) is 0 Å². The van der Waals surface area contributed by atoms with Crippen LogP contribution in [0.5, 0.6) is 0 Å². The average Bonchev–Trinajstić information content (AvgIpc) is 2.93. The fourth-order valence-corrected chi connectivity index (χ4v) is 4.39. The summed E-state index contributed by atoms with van der Waals surface area (Å²) in [6.45, 7) is 0. The van der Waals surface area contributed by atoms with Gasteiger partial charge < -0.3 is 0 Å². The van der Waals surface area contributed by atoms with Gasteiger partial charge >= 0.3 is 0 Å². The fraction of sp³-hybridized carbons (Fsp3) is 0.212. The molecule has 35 heavy (non-hydrogen) atoms. The van der Waals surface area contributed by atoms with Crippen molar-refractivity contribution in [2.24, 2.45) is 0 Å². The van der Waals surface area contributed by atoms with Gasteiger partial charge in [0, 0.05) is 0 Å². The van der Waals surface area contributed by atoms with Crippen LogP contribution in [0.15, 0.2) is 97.1 Å². The molecule has 0 aromatic heterocycles. The van der Waals surface area contributed by atoms with Crippen LogP contribution in [0.4, 0.5) is 0 Å². The lowest BCUT2D eigenvalue weighted by Crippen LogP contribution is -1.89. The van der Waals surface area contributed by atoms with Crippen LogP contribution < -0.4 is 0 Å². The first-order chi connectivity index (χ1) is 17.2. The van der Waals surface area contributed by atoms with Crippen molar-refractivity contribution >= 4 is 0 Å². The van der Waals surface area contributed by atoms with E-state index in [9.17, 15) is 0 Å². The molecule has 2 heteroatoms. The lowest BCUT2D eigenvalue weighted by molar-refractivity contribution is 0.613. The zero-order valence-electron chi connectivity index (χ0n) is 20.1. The maximum atomic E-state index is 8.94. The summed E-state index contributed by atoms with van der Waals surface area (Å²) in [7, 11) is 0. The summed E-state index contributed by atoms with van der Waals surface area (Å²) in [5.74, 6) is 0. The van der Waals surface area contributed by atoms with Gasteiger partial charge in [0.25, 0.3) is 0 Å². The normalized spacial score (nSPS) is 10.5. The van der Waals surface area contributed by atoms with E-state index in [0.29, 0.717) is 11.1 Å². The van der Waals surface area contributed by atoms with Crippen LogP contribution in [0.1, 0.15) is 54.4 Å². The molecule has 0 amide bonds. The number of nitriles is 2. The topological polar surface area (TPSA) is 47.6 Å². The molecule has 0 fully saturated rings. The third kappa shape index (κ3) is 6.92. The summed E-state index contributed by atoms with van der Waals surface area (Å²) in [6.07, 6.45) is 8.55. The summed E-state index contributed by atoms with van der Waals surface area (Å²) in [5.41, 5.74) is 8.88. The summed E-state index contributed by atoms with van der Waals surface area (Å²) < 4.78 is 0. The first kappa shape index (κ1) is 24.0. The molecule has 4 aromatic carbocycles. The molecule has 4 rings (SSSR count). The Kier molecular flexibility index (Phi) is 8.47. The second kappa shape index (κ2) is 12.4. The van der Waals surface area contributed by atoms with Crippen molar-refractivity contribution in [2.75, 3.05) is 0 Å². The Bertz CT molecular complexity index is 1180. The lowest BCUT2D eigenvalue weighted by atomic mass is 9.99. The zero-order valence-corrected chi connectivity index (χ0v) is 20.1. The summed E-state index contributed by atoms with van der Waals surface area (Å²) >= 11 is 0. The van der Waals surface area contributed by atoms with Gasteiger partial charge in [0.05, 0.1) is 23.3 Å². The van der Waals surface area contributed by atoms with Crippen LogP contribution in [0.25, 0.3) is 22.3 Å². The number of hydrogen-bond donors (Lipinski definition) is 0. The van der Waals surface area contributed by atoms with Crippen LogP contribution >= 0.6 is 0 Å². The Labute approximate surface area is 209 Å². The van der Waals surface area contributed by atoms with Crippen molar-refractivity contribution in [1.29, 1.82) is 10.5 Å². The molecular weight excluding hydrogens is 424 g/mol. The minimum Gasteiger partial charge on any atom is -0.192 e. The third-order valence-electron chi connectivity index (χ3n) is 6.53. The number of aryl methyl sites for hydroxylation is 2.